The summed E-state index contributed by atoms with van der Waals surface area (Å²) in [4.78, 5) is 0. The largest absolute Gasteiger partial charge is 0.314 e. The zero-order valence-corrected chi connectivity index (χ0v) is 12.0. The Balaban J connectivity index is 2.66. The van der Waals surface area contributed by atoms with E-state index in [0.29, 0.717) is 12.0 Å². The highest BCUT2D eigenvalue weighted by molar-refractivity contribution is 9.10. The minimum atomic E-state index is 0.585. The molecule has 1 nitrogen and oxygen atoms in total. The average Bonchev–Trinajstić information content (AvgIpc) is 2.28. The van der Waals surface area contributed by atoms with Crippen LogP contribution in [0.4, 0.5) is 0 Å². The normalized spacial score (nSPS) is 14.8. The summed E-state index contributed by atoms with van der Waals surface area (Å²) in [6.07, 6.45) is 2.36. The van der Waals surface area contributed by atoms with Gasteiger partial charge in [-0.25, -0.2) is 0 Å². The fourth-order valence-corrected chi connectivity index (χ4v) is 2.56. The van der Waals surface area contributed by atoms with E-state index in [-0.39, 0.29) is 0 Å². The van der Waals surface area contributed by atoms with E-state index in [2.05, 4.69) is 66.3 Å². The first-order valence-electron chi connectivity index (χ1n) is 6.15. The highest BCUT2D eigenvalue weighted by Crippen LogP contribution is 2.22. The number of nitrogens with one attached hydrogen (secondary N) is 1. The fraction of sp³-hybridized carbons (Fsp3) is 0.571. The van der Waals surface area contributed by atoms with E-state index >= 15 is 0 Å². The van der Waals surface area contributed by atoms with Crippen molar-refractivity contribution in [1.82, 2.24) is 5.32 Å². The molecule has 0 aliphatic rings. The Morgan fingerprint density at radius 3 is 2.50 bits per heavy atom. The number of hydrogen-bond acceptors (Lipinski definition) is 1. The van der Waals surface area contributed by atoms with Gasteiger partial charge in [-0.1, -0.05) is 54.4 Å². The summed E-state index contributed by atoms with van der Waals surface area (Å²) < 4.78 is 1.23. The van der Waals surface area contributed by atoms with Crippen molar-refractivity contribution in [2.75, 3.05) is 6.54 Å². The Hall–Kier alpha value is -0.340. The molecular weight excluding hydrogens is 262 g/mol. The van der Waals surface area contributed by atoms with Crippen molar-refractivity contribution >= 4 is 15.9 Å². The zero-order valence-electron chi connectivity index (χ0n) is 10.5. The van der Waals surface area contributed by atoms with Gasteiger partial charge in [0.1, 0.15) is 0 Å². The third-order valence-corrected chi connectivity index (χ3v) is 3.97. The molecule has 0 aromatic heterocycles. The van der Waals surface area contributed by atoms with E-state index in [1.165, 1.54) is 16.5 Å². The van der Waals surface area contributed by atoms with Crippen LogP contribution in [0, 0.1) is 5.92 Å². The summed E-state index contributed by atoms with van der Waals surface area (Å²) in [6, 6.07) is 9.11. The molecule has 2 heteroatoms. The van der Waals surface area contributed by atoms with Crippen molar-refractivity contribution in [2.24, 2.45) is 5.92 Å². The van der Waals surface area contributed by atoms with Crippen molar-refractivity contribution in [2.45, 2.75) is 39.7 Å². The van der Waals surface area contributed by atoms with Crippen molar-refractivity contribution < 1.29 is 0 Å². The van der Waals surface area contributed by atoms with Crippen LogP contribution in [-0.4, -0.2) is 12.6 Å². The lowest BCUT2D eigenvalue weighted by Crippen LogP contribution is -2.34. The summed E-state index contributed by atoms with van der Waals surface area (Å²) in [5.41, 5.74) is 1.42. The summed E-state index contributed by atoms with van der Waals surface area (Å²) >= 11 is 3.62. The number of benzene rings is 1. The van der Waals surface area contributed by atoms with E-state index in [4.69, 9.17) is 0 Å². The molecule has 0 spiro atoms. The highest BCUT2D eigenvalue weighted by Gasteiger charge is 2.15. The fourth-order valence-electron chi connectivity index (χ4n) is 2.11. The predicted molar refractivity (Wildman–Crippen MR) is 74.8 cm³/mol. The monoisotopic (exact) mass is 283 g/mol. The first-order chi connectivity index (χ1) is 7.69. The SMILES string of the molecule is CCNC(C)C(CC)Cc1ccccc1Br. The van der Waals surface area contributed by atoms with Crippen LogP contribution in [0.3, 0.4) is 0 Å². The molecule has 1 rings (SSSR count). The quantitative estimate of drug-likeness (QED) is 0.832. The van der Waals surface area contributed by atoms with Crippen LogP contribution in [0.15, 0.2) is 28.7 Å². The van der Waals surface area contributed by atoms with Crippen LogP contribution in [-0.2, 0) is 6.42 Å². The highest BCUT2D eigenvalue weighted by atomic mass is 79.9. The molecule has 0 aliphatic carbocycles. The van der Waals surface area contributed by atoms with Crippen molar-refractivity contribution in [3.63, 3.8) is 0 Å². The van der Waals surface area contributed by atoms with Gasteiger partial charge in [-0.2, -0.15) is 0 Å². The molecule has 1 aromatic rings. The van der Waals surface area contributed by atoms with Crippen LogP contribution in [0.2, 0.25) is 0 Å². The summed E-state index contributed by atoms with van der Waals surface area (Å²) in [5.74, 6) is 0.707. The molecule has 0 heterocycles. The number of halogens is 1. The van der Waals surface area contributed by atoms with Gasteiger partial charge in [-0.05, 0) is 37.4 Å². The maximum atomic E-state index is 3.62. The van der Waals surface area contributed by atoms with E-state index < -0.39 is 0 Å². The lowest BCUT2D eigenvalue weighted by atomic mass is 9.91. The molecule has 2 unspecified atom stereocenters. The Labute approximate surface area is 108 Å². The summed E-state index contributed by atoms with van der Waals surface area (Å²) in [6.45, 7) is 7.78. The lowest BCUT2D eigenvalue weighted by Gasteiger charge is -2.24. The number of hydrogen-bond donors (Lipinski definition) is 1. The Kier molecular flexibility index (Phi) is 6.07. The molecule has 2 atom stereocenters. The van der Waals surface area contributed by atoms with E-state index in [1.807, 2.05) is 0 Å². The maximum Gasteiger partial charge on any atom is 0.0207 e. The molecule has 0 amide bonds. The van der Waals surface area contributed by atoms with Crippen molar-refractivity contribution in [1.29, 1.82) is 0 Å². The van der Waals surface area contributed by atoms with Gasteiger partial charge in [-0.3, -0.25) is 0 Å². The molecular formula is C14H22BrN. The molecule has 0 bridgehead atoms. The predicted octanol–water partition coefficient (Wildman–Crippen LogP) is 4.02. The Morgan fingerprint density at radius 1 is 1.25 bits per heavy atom. The molecule has 0 radical (unpaired) electrons. The van der Waals surface area contributed by atoms with Crippen LogP contribution in [0.25, 0.3) is 0 Å². The first-order valence-corrected chi connectivity index (χ1v) is 6.95. The van der Waals surface area contributed by atoms with Crippen LogP contribution in [0.5, 0.6) is 0 Å². The van der Waals surface area contributed by atoms with Crippen molar-refractivity contribution in [3.05, 3.63) is 34.3 Å². The van der Waals surface area contributed by atoms with Gasteiger partial charge < -0.3 is 5.32 Å². The second-order valence-corrected chi connectivity index (χ2v) is 5.16. The number of rotatable bonds is 6. The molecule has 16 heavy (non-hydrogen) atoms. The van der Waals surface area contributed by atoms with Gasteiger partial charge in [0.15, 0.2) is 0 Å². The van der Waals surface area contributed by atoms with Gasteiger partial charge in [0.2, 0.25) is 0 Å². The molecule has 0 saturated carbocycles. The molecule has 90 valence electrons. The van der Waals surface area contributed by atoms with E-state index in [0.717, 1.165) is 13.0 Å². The topological polar surface area (TPSA) is 12.0 Å². The molecule has 0 aliphatic heterocycles. The van der Waals surface area contributed by atoms with Crippen LogP contribution < -0.4 is 5.32 Å². The Bertz CT molecular complexity index is 311. The van der Waals surface area contributed by atoms with E-state index in [1.54, 1.807) is 0 Å². The average molecular weight is 284 g/mol. The van der Waals surface area contributed by atoms with Gasteiger partial charge in [-0.15, -0.1) is 0 Å². The lowest BCUT2D eigenvalue weighted by molar-refractivity contribution is 0.367. The van der Waals surface area contributed by atoms with E-state index in [9.17, 15) is 0 Å². The Morgan fingerprint density at radius 2 is 1.94 bits per heavy atom. The minimum Gasteiger partial charge on any atom is -0.314 e. The summed E-state index contributed by atoms with van der Waals surface area (Å²) in [5, 5.41) is 3.52. The van der Waals surface area contributed by atoms with Gasteiger partial charge in [0.25, 0.3) is 0 Å². The second kappa shape index (κ2) is 7.08. The van der Waals surface area contributed by atoms with Crippen molar-refractivity contribution in [3.8, 4) is 0 Å². The molecule has 1 aromatic carbocycles. The van der Waals surface area contributed by atoms with Crippen LogP contribution in [0.1, 0.15) is 32.8 Å². The zero-order chi connectivity index (χ0) is 12.0. The standard InChI is InChI=1S/C14H22BrN/c1-4-12(11(3)16-5-2)10-13-8-6-7-9-14(13)15/h6-9,11-12,16H,4-5,10H2,1-3H3. The first kappa shape index (κ1) is 13.7. The van der Waals surface area contributed by atoms with Crippen LogP contribution >= 0.6 is 15.9 Å². The van der Waals surface area contributed by atoms with Gasteiger partial charge >= 0.3 is 0 Å². The maximum absolute atomic E-state index is 3.62. The molecule has 0 saturated heterocycles. The summed E-state index contributed by atoms with van der Waals surface area (Å²) in [7, 11) is 0. The third-order valence-electron chi connectivity index (χ3n) is 3.20. The molecule has 1 N–H and O–H groups in total. The smallest absolute Gasteiger partial charge is 0.0207 e. The minimum absolute atomic E-state index is 0.585. The third kappa shape index (κ3) is 3.91. The van der Waals surface area contributed by atoms with Gasteiger partial charge in [0, 0.05) is 10.5 Å². The second-order valence-electron chi connectivity index (χ2n) is 4.31. The molecule has 0 fully saturated rings. The van der Waals surface area contributed by atoms with Gasteiger partial charge in [0.05, 0.1) is 0 Å².